The van der Waals surface area contributed by atoms with E-state index in [-0.39, 0.29) is 18.7 Å². The number of carboxylic acid groups (broad SMARTS) is 1. The number of carbonyl (C=O) groups excluding carboxylic acids is 1. The fraction of sp³-hybridized carbons (Fsp3) is 0.231. The van der Waals surface area contributed by atoms with E-state index in [1.807, 2.05) is 12.1 Å². The zero-order valence-corrected chi connectivity index (χ0v) is 11.1. The molecule has 8 nitrogen and oxygen atoms in total. The molecule has 0 spiro atoms. The van der Waals surface area contributed by atoms with Crippen molar-refractivity contribution in [3.8, 4) is 11.4 Å². The van der Waals surface area contributed by atoms with Crippen molar-refractivity contribution in [3.63, 3.8) is 0 Å². The molecule has 0 aliphatic carbocycles. The maximum Gasteiger partial charge on any atom is 0.303 e. The number of hydrogen-bond acceptors (Lipinski definition) is 6. The maximum atomic E-state index is 11.4. The molecule has 2 aromatic rings. The third-order valence-corrected chi connectivity index (χ3v) is 2.68. The third kappa shape index (κ3) is 4.60. The van der Waals surface area contributed by atoms with Crippen LogP contribution in [0.3, 0.4) is 0 Å². The number of hydrogen-bond donors (Lipinski definition) is 2. The summed E-state index contributed by atoms with van der Waals surface area (Å²) in [6.07, 6.45) is 1.06. The van der Waals surface area contributed by atoms with Crippen LogP contribution in [0.5, 0.6) is 0 Å². The smallest absolute Gasteiger partial charge is 0.303 e. The summed E-state index contributed by atoms with van der Waals surface area (Å²) < 4.78 is 0. The quantitative estimate of drug-likeness (QED) is 0.790. The number of carboxylic acids is 1. The van der Waals surface area contributed by atoms with E-state index in [1.54, 1.807) is 12.1 Å². The molecule has 0 radical (unpaired) electrons. The lowest BCUT2D eigenvalue weighted by atomic mass is 10.1. The van der Waals surface area contributed by atoms with Crippen LogP contribution in [0.2, 0.25) is 0 Å². The van der Waals surface area contributed by atoms with Crippen LogP contribution in [-0.2, 0) is 16.1 Å². The van der Waals surface area contributed by atoms with Gasteiger partial charge in [-0.1, -0.05) is 24.3 Å². The van der Waals surface area contributed by atoms with Gasteiger partial charge in [0, 0.05) is 18.5 Å². The van der Waals surface area contributed by atoms with E-state index in [0.29, 0.717) is 12.4 Å². The summed E-state index contributed by atoms with van der Waals surface area (Å²) in [5.41, 5.74) is 1.66. The van der Waals surface area contributed by atoms with Crippen molar-refractivity contribution in [3.05, 3.63) is 36.2 Å². The zero-order chi connectivity index (χ0) is 15.1. The lowest BCUT2D eigenvalue weighted by Gasteiger charge is -2.05. The highest BCUT2D eigenvalue weighted by atomic mass is 16.4. The highest BCUT2D eigenvalue weighted by Crippen LogP contribution is 2.13. The second-order valence-corrected chi connectivity index (χ2v) is 4.24. The Kier molecular flexibility index (Phi) is 4.86. The van der Waals surface area contributed by atoms with E-state index in [0.717, 1.165) is 11.1 Å². The van der Waals surface area contributed by atoms with Crippen molar-refractivity contribution in [2.75, 3.05) is 0 Å². The van der Waals surface area contributed by atoms with Crippen LogP contribution < -0.4 is 5.32 Å². The van der Waals surface area contributed by atoms with Crippen LogP contribution in [0.25, 0.3) is 11.4 Å². The van der Waals surface area contributed by atoms with Crippen molar-refractivity contribution < 1.29 is 14.7 Å². The Morgan fingerprint density at radius 1 is 1.05 bits per heavy atom. The molecule has 2 rings (SSSR count). The van der Waals surface area contributed by atoms with Gasteiger partial charge in [0.25, 0.3) is 0 Å². The molecule has 1 aromatic carbocycles. The van der Waals surface area contributed by atoms with Gasteiger partial charge in [-0.05, 0) is 5.56 Å². The molecule has 0 fully saturated rings. The largest absolute Gasteiger partial charge is 0.481 e. The number of benzene rings is 1. The van der Waals surface area contributed by atoms with Gasteiger partial charge in [-0.2, -0.15) is 0 Å². The van der Waals surface area contributed by atoms with E-state index in [4.69, 9.17) is 5.11 Å². The lowest BCUT2D eigenvalue weighted by Crippen LogP contribution is -2.23. The number of rotatable bonds is 6. The van der Waals surface area contributed by atoms with Crippen molar-refractivity contribution in [2.45, 2.75) is 19.4 Å². The van der Waals surface area contributed by atoms with Crippen LogP contribution in [0.4, 0.5) is 0 Å². The number of aromatic nitrogens is 4. The van der Waals surface area contributed by atoms with Crippen LogP contribution in [-0.4, -0.2) is 37.4 Å². The molecule has 0 unspecified atom stereocenters. The number of carbonyl (C=O) groups is 2. The van der Waals surface area contributed by atoms with Gasteiger partial charge in [0.2, 0.25) is 11.7 Å². The third-order valence-electron chi connectivity index (χ3n) is 2.68. The highest BCUT2D eigenvalue weighted by molar-refractivity contribution is 5.80. The van der Waals surface area contributed by atoms with Crippen LogP contribution >= 0.6 is 0 Å². The van der Waals surface area contributed by atoms with E-state index >= 15 is 0 Å². The fourth-order valence-electron chi connectivity index (χ4n) is 1.60. The van der Waals surface area contributed by atoms with Crippen molar-refractivity contribution >= 4 is 11.9 Å². The summed E-state index contributed by atoms with van der Waals surface area (Å²) in [6, 6.07) is 7.25. The first-order valence-electron chi connectivity index (χ1n) is 6.23. The Labute approximate surface area is 120 Å². The van der Waals surface area contributed by atoms with Crippen LogP contribution in [0, 0.1) is 0 Å². The Morgan fingerprint density at radius 3 is 2.33 bits per heavy atom. The number of amides is 1. The predicted octanol–water partition coefficient (Wildman–Crippen LogP) is 0.415. The van der Waals surface area contributed by atoms with E-state index in [9.17, 15) is 9.59 Å². The van der Waals surface area contributed by atoms with Gasteiger partial charge < -0.3 is 10.4 Å². The summed E-state index contributed by atoms with van der Waals surface area (Å²) in [6.45, 7) is 0.338. The molecular weight excluding hydrogens is 274 g/mol. The van der Waals surface area contributed by atoms with Gasteiger partial charge >= 0.3 is 5.97 Å². The fourth-order valence-corrected chi connectivity index (χ4v) is 1.60. The van der Waals surface area contributed by atoms with Gasteiger partial charge in [0.05, 0.1) is 6.42 Å². The molecule has 108 valence electrons. The SMILES string of the molecule is O=C(O)CCC(=O)NCc1ccc(-c2nncnn2)cc1. The highest BCUT2D eigenvalue weighted by Gasteiger charge is 2.06. The van der Waals surface area contributed by atoms with Gasteiger partial charge in [-0.15, -0.1) is 20.4 Å². The van der Waals surface area contributed by atoms with Gasteiger partial charge in [0.1, 0.15) is 0 Å². The van der Waals surface area contributed by atoms with Crippen LogP contribution in [0.15, 0.2) is 30.6 Å². The number of nitrogens with one attached hydrogen (secondary N) is 1. The van der Waals surface area contributed by atoms with Gasteiger partial charge in [0.15, 0.2) is 6.33 Å². The Morgan fingerprint density at radius 2 is 1.71 bits per heavy atom. The summed E-state index contributed by atoms with van der Waals surface area (Å²) in [7, 11) is 0. The predicted molar refractivity (Wildman–Crippen MR) is 71.8 cm³/mol. The minimum Gasteiger partial charge on any atom is -0.481 e. The van der Waals surface area contributed by atoms with Gasteiger partial charge in [-0.3, -0.25) is 9.59 Å². The Bertz CT molecular complexity index is 615. The first-order valence-corrected chi connectivity index (χ1v) is 6.23. The topological polar surface area (TPSA) is 118 Å². The summed E-state index contributed by atoms with van der Waals surface area (Å²) in [5, 5.41) is 26.1. The summed E-state index contributed by atoms with van der Waals surface area (Å²) >= 11 is 0. The number of aliphatic carboxylic acids is 1. The second kappa shape index (κ2) is 7.04. The monoisotopic (exact) mass is 287 g/mol. The zero-order valence-electron chi connectivity index (χ0n) is 11.1. The Hall–Kier alpha value is -2.90. The van der Waals surface area contributed by atoms with Crippen molar-refractivity contribution in [2.24, 2.45) is 0 Å². The molecule has 1 amide bonds. The normalized spacial score (nSPS) is 10.1. The van der Waals surface area contributed by atoms with E-state index < -0.39 is 5.97 Å². The molecule has 0 aliphatic heterocycles. The molecule has 1 aromatic heterocycles. The molecule has 1 heterocycles. The van der Waals surface area contributed by atoms with Gasteiger partial charge in [-0.25, -0.2) is 0 Å². The van der Waals surface area contributed by atoms with E-state index in [1.165, 1.54) is 6.33 Å². The average molecular weight is 287 g/mol. The second-order valence-electron chi connectivity index (χ2n) is 4.24. The first-order chi connectivity index (χ1) is 10.1. The molecule has 8 heteroatoms. The molecule has 0 saturated carbocycles. The standard InChI is InChI=1S/C13H13N5O3/c19-11(5-6-12(20)21)14-7-9-1-3-10(4-2-9)13-17-15-8-16-18-13/h1-4,8H,5-7H2,(H,14,19)(H,20,21). The van der Waals surface area contributed by atoms with Crippen LogP contribution in [0.1, 0.15) is 18.4 Å². The number of nitrogens with zero attached hydrogens (tertiary/aromatic N) is 4. The minimum absolute atomic E-state index is 0.0252. The Balaban J connectivity index is 1.88. The minimum atomic E-state index is -0.986. The molecule has 0 bridgehead atoms. The molecule has 21 heavy (non-hydrogen) atoms. The van der Waals surface area contributed by atoms with E-state index in [2.05, 4.69) is 25.7 Å². The summed E-state index contributed by atoms with van der Waals surface area (Å²) in [4.78, 5) is 21.7. The first kappa shape index (κ1) is 14.5. The van der Waals surface area contributed by atoms with Crippen molar-refractivity contribution in [1.82, 2.24) is 25.7 Å². The molecule has 0 atom stereocenters. The molecule has 2 N–H and O–H groups in total. The maximum absolute atomic E-state index is 11.4. The average Bonchev–Trinajstić information content (AvgIpc) is 2.52. The summed E-state index contributed by atoms with van der Waals surface area (Å²) in [5.74, 6) is -0.851. The molecule has 0 aliphatic rings. The lowest BCUT2D eigenvalue weighted by molar-refractivity contribution is -0.138. The molecule has 0 saturated heterocycles. The van der Waals surface area contributed by atoms with Crippen molar-refractivity contribution in [1.29, 1.82) is 0 Å². The molecular formula is C13H13N5O3.